The van der Waals surface area contributed by atoms with E-state index in [2.05, 4.69) is 16.8 Å². The summed E-state index contributed by atoms with van der Waals surface area (Å²) in [6, 6.07) is 10.1. The Morgan fingerprint density at radius 1 is 1.19 bits per heavy atom. The van der Waals surface area contributed by atoms with Crippen LogP contribution < -0.4 is 4.74 Å². The number of piperazine rings is 1. The largest absolute Gasteiger partial charge is 0.468 e. The van der Waals surface area contributed by atoms with Crippen LogP contribution in [0.4, 0.5) is 4.39 Å². The topological polar surface area (TPSA) is 45.7 Å². The Morgan fingerprint density at radius 3 is 2.59 bits per heavy atom. The number of aromatic nitrogens is 1. The average molecular weight is 392 g/mol. The van der Waals surface area contributed by atoms with Crippen LogP contribution in [-0.2, 0) is 11.3 Å². The van der Waals surface area contributed by atoms with E-state index in [1.807, 2.05) is 11.8 Å². The number of benzene rings is 1. The molecular weight excluding hydrogens is 369 g/mol. The Bertz CT molecular complexity index is 770. The van der Waals surface area contributed by atoms with E-state index < -0.39 is 0 Å². The molecule has 1 aromatic heterocycles. The van der Waals surface area contributed by atoms with Crippen LogP contribution in [0.2, 0.25) is 5.02 Å². The Morgan fingerprint density at radius 2 is 1.93 bits per heavy atom. The van der Waals surface area contributed by atoms with Crippen molar-refractivity contribution in [1.29, 1.82) is 0 Å². The van der Waals surface area contributed by atoms with Gasteiger partial charge in [0.2, 0.25) is 5.88 Å². The minimum absolute atomic E-state index is 0.0519. The van der Waals surface area contributed by atoms with Crippen molar-refractivity contribution >= 4 is 17.5 Å². The highest BCUT2D eigenvalue weighted by molar-refractivity contribution is 6.30. The molecular formula is C20H23ClFN3O2. The number of carbonyl (C=O) groups is 1. The van der Waals surface area contributed by atoms with E-state index in [0.29, 0.717) is 17.4 Å². The van der Waals surface area contributed by atoms with Crippen molar-refractivity contribution in [3.63, 3.8) is 0 Å². The maximum Gasteiger partial charge on any atom is 0.260 e. The van der Waals surface area contributed by atoms with Crippen molar-refractivity contribution in [2.45, 2.75) is 32.5 Å². The lowest BCUT2D eigenvalue weighted by Gasteiger charge is -2.44. The van der Waals surface area contributed by atoms with Crippen molar-refractivity contribution in [3.05, 3.63) is 59.0 Å². The van der Waals surface area contributed by atoms with Crippen LogP contribution in [0, 0.1) is 5.82 Å². The van der Waals surface area contributed by atoms with Crippen LogP contribution in [0.5, 0.6) is 5.88 Å². The molecule has 0 bridgehead atoms. The van der Waals surface area contributed by atoms with E-state index >= 15 is 0 Å². The number of hydrogen-bond acceptors (Lipinski definition) is 4. The minimum atomic E-state index is -0.231. The van der Waals surface area contributed by atoms with Gasteiger partial charge in [0.15, 0.2) is 6.61 Å². The average Bonchev–Trinajstić information content (AvgIpc) is 2.65. The second kappa shape index (κ2) is 8.67. The fourth-order valence-electron chi connectivity index (χ4n) is 3.26. The summed E-state index contributed by atoms with van der Waals surface area (Å²) in [6.45, 7) is 6.18. The van der Waals surface area contributed by atoms with Crippen molar-refractivity contribution in [2.24, 2.45) is 0 Å². The normalized spacial score (nSPS) is 20.5. The van der Waals surface area contributed by atoms with E-state index in [0.717, 1.165) is 18.7 Å². The van der Waals surface area contributed by atoms with Gasteiger partial charge in [-0.1, -0.05) is 23.7 Å². The molecule has 0 radical (unpaired) electrons. The van der Waals surface area contributed by atoms with Crippen molar-refractivity contribution in [2.75, 3.05) is 19.7 Å². The van der Waals surface area contributed by atoms with Gasteiger partial charge in [-0.25, -0.2) is 9.37 Å². The molecule has 1 fully saturated rings. The zero-order valence-electron chi connectivity index (χ0n) is 15.4. The summed E-state index contributed by atoms with van der Waals surface area (Å²) in [5.41, 5.74) is 1.06. The highest BCUT2D eigenvalue weighted by Crippen LogP contribution is 2.19. The fraction of sp³-hybridized carbons (Fsp3) is 0.400. The predicted molar refractivity (Wildman–Crippen MR) is 102 cm³/mol. The SMILES string of the molecule is CC1CN(C(=O)COc2ccc(Cl)cn2)C(C)CN1Cc1ccc(F)cc1. The summed E-state index contributed by atoms with van der Waals surface area (Å²) < 4.78 is 18.6. The second-order valence-electron chi connectivity index (χ2n) is 6.90. The van der Waals surface area contributed by atoms with Crippen molar-refractivity contribution in [3.8, 4) is 5.88 Å². The van der Waals surface area contributed by atoms with E-state index in [4.69, 9.17) is 16.3 Å². The number of rotatable bonds is 5. The number of pyridine rings is 1. The molecule has 0 N–H and O–H groups in total. The first-order chi connectivity index (χ1) is 12.9. The van der Waals surface area contributed by atoms with Gasteiger partial charge in [0, 0.05) is 44.0 Å². The third-order valence-electron chi connectivity index (χ3n) is 4.78. The molecule has 144 valence electrons. The lowest BCUT2D eigenvalue weighted by Crippen LogP contribution is -2.58. The van der Waals surface area contributed by atoms with Gasteiger partial charge in [-0.15, -0.1) is 0 Å². The monoisotopic (exact) mass is 391 g/mol. The van der Waals surface area contributed by atoms with Crippen LogP contribution >= 0.6 is 11.6 Å². The van der Waals surface area contributed by atoms with Gasteiger partial charge in [-0.3, -0.25) is 9.69 Å². The number of amides is 1. The standard InChI is InChI=1S/C20H23ClFN3O2/c1-14-11-25(20(26)13-27-19-8-5-17(21)9-23-19)15(2)10-24(14)12-16-3-6-18(22)7-4-16/h3-9,14-15H,10-13H2,1-2H3. The van der Waals surface area contributed by atoms with Crippen LogP contribution in [0.1, 0.15) is 19.4 Å². The predicted octanol–water partition coefficient (Wildman–Crippen LogP) is 3.37. The van der Waals surface area contributed by atoms with Gasteiger partial charge in [0.25, 0.3) is 5.91 Å². The Balaban J connectivity index is 1.54. The highest BCUT2D eigenvalue weighted by Gasteiger charge is 2.32. The van der Waals surface area contributed by atoms with Gasteiger partial charge in [-0.2, -0.15) is 0 Å². The highest BCUT2D eigenvalue weighted by atomic mass is 35.5. The number of halogens is 2. The lowest BCUT2D eigenvalue weighted by molar-refractivity contribution is -0.139. The van der Waals surface area contributed by atoms with Gasteiger partial charge in [0.1, 0.15) is 5.82 Å². The summed E-state index contributed by atoms with van der Waals surface area (Å²) in [6.07, 6.45) is 1.49. The Kier molecular flexibility index (Phi) is 6.29. The summed E-state index contributed by atoms with van der Waals surface area (Å²) in [5, 5.41) is 0.522. The Hall–Kier alpha value is -2.18. The fourth-order valence-corrected chi connectivity index (χ4v) is 3.37. The van der Waals surface area contributed by atoms with Crippen LogP contribution in [0.3, 0.4) is 0 Å². The van der Waals surface area contributed by atoms with Crippen molar-refractivity contribution < 1.29 is 13.9 Å². The Labute approximate surface area is 163 Å². The number of nitrogens with zero attached hydrogens (tertiary/aromatic N) is 3. The molecule has 1 aliphatic heterocycles. The molecule has 1 amide bonds. The molecule has 1 aromatic carbocycles. The molecule has 27 heavy (non-hydrogen) atoms. The van der Waals surface area contributed by atoms with Gasteiger partial charge < -0.3 is 9.64 Å². The van der Waals surface area contributed by atoms with Gasteiger partial charge in [-0.05, 0) is 37.6 Å². The molecule has 1 saturated heterocycles. The van der Waals surface area contributed by atoms with E-state index in [9.17, 15) is 9.18 Å². The van der Waals surface area contributed by atoms with Gasteiger partial charge in [0.05, 0.1) is 5.02 Å². The smallest absolute Gasteiger partial charge is 0.260 e. The molecule has 5 nitrogen and oxygen atoms in total. The summed E-state index contributed by atoms with van der Waals surface area (Å²) >= 11 is 5.79. The van der Waals surface area contributed by atoms with Gasteiger partial charge >= 0.3 is 0 Å². The molecule has 7 heteroatoms. The van der Waals surface area contributed by atoms with E-state index in [1.165, 1.54) is 18.3 Å². The molecule has 1 aliphatic rings. The van der Waals surface area contributed by atoms with E-state index in [-0.39, 0.29) is 30.4 Å². The first kappa shape index (κ1) is 19.6. The van der Waals surface area contributed by atoms with Crippen LogP contribution in [0.15, 0.2) is 42.6 Å². The number of carbonyl (C=O) groups excluding carboxylic acids is 1. The van der Waals surface area contributed by atoms with Crippen LogP contribution in [-0.4, -0.2) is 52.5 Å². The molecule has 0 aliphatic carbocycles. The molecule has 2 heterocycles. The molecule has 2 atom stereocenters. The molecule has 2 aromatic rings. The number of ether oxygens (including phenoxy) is 1. The third-order valence-corrected chi connectivity index (χ3v) is 5.00. The van der Waals surface area contributed by atoms with E-state index in [1.54, 1.807) is 24.3 Å². The van der Waals surface area contributed by atoms with Crippen molar-refractivity contribution in [1.82, 2.24) is 14.8 Å². The molecule has 2 unspecified atom stereocenters. The minimum Gasteiger partial charge on any atom is -0.468 e. The van der Waals surface area contributed by atoms with Crippen LogP contribution in [0.25, 0.3) is 0 Å². The summed E-state index contributed by atoms with van der Waals surface area (Å²) in [5.74, 6) is 0.0849. The quantitative estimate of drug-likeness (QED) is 0.784. The maximum absolute atomic E-state index is 13.1. The molecule has 0 spiro atoms. The maximum atomic E-state index is 13.1. The summed E-state index contributed by atoms with van der Waals surface area (Å²) in [7, 11) is 0. The zero-order chi connectivity index (χ0) is 19.4. The molecule has 3 rings (SSSR count). The summed E-state index contributed by atoms with van der Waals surface area (Å²) in [4.78, 5) is 20.8. The molecule has 0 saturated carbocycles. The third kappa shape index (κ3) is 5.17. The zero-order valence-corrected chi connectivity index (χ0v) is 16.2. The lowest BCUT2D eigenvalue weighted by atomic mass is 10.1. The first-order valence-electron chi connectivity index (χ1n) is 8.94. The number of hydrogen-bond donors (Lipinski definition) is 0. The second-order valence-corrected chi connectivity index (χ2v) is 7.34. The first-order valence-corrected chi connectivity index (χ1v) is 9.32.